The summed E-state index contributed by atoms with van der Waals surface area (Å²) in [6.45, 7) is 4.11. The second-order valence-electron chi connectivity index (χ2n) is 7.56. The molecule has 0 unspecified atom stereocenters. The van der Waals surface area contributed by atoms with Crippen molar-refractivity contribution in [3.8, 4) is 6.07 Å². The summed E-state index contributed by atoms with van der Waals surface area (Å²) in [5, 5.41) is 15.6. The molecule has 2 heterocycles. The minimum Gasteiger partial charge on any atom is -0.369 e. The number of nitriles is 1. The molecule has 0 saturated carbocycles. The Labute approximate surface area is 186 Å². The molecule has 9 nitrogen and oxygen atoms in total. The number of piperazine rings is 1. The number of rotatable bonds is 6. The van der Waals surface area contributed by atoms with Crippen molar-refractivity contribution in [2.75, 3.05) is 48.8 Å². The van der Waals surface area contributed by atoms with Gasteiger partial charge in [-0.05, 0) is 43.4 Å². The van der Waals surface area contributed by atoms with Gasteiger partial charge < -0.3 is 26.2 Å². The maximum absolute atomic E-state index is 11.7. The molecule has 32 heavy (non-hydrogen) atoms. The van der Waals surface area contributed by atoms with E-state index in [2.05, 4.69) is 55.7 Å². The monoisotopic (exact) mass is 428 g/mol. The molecule has 3 aromatic rings. The Morgan fingerprint density at radius 3 is 2.47 bits per heavy atom. The molecule has 1 amide bonds. The third-order valence-electron chi connectivity index (χ3n) is 5.35. The molecule has 0 spiro atoms. The standard InChI is InChI=1S/C23H24N8O/c1-30-10-12-31(13-11-30)18-8-6-17(7-9-18)27-23-26-15-16(14-24)22(29-23)28-20-5-3-2-4-19(20)21(25)32/h2-9,15H,10-13H2,1H3,(H2,25,32)(H2,26,27,28,29). The van der Waals surface area contributed by atoms with Crippen LogP contribution < -0.4 is 21.3 Å². The fourth-order valence-corrected chi connectivity index (χ4v) is 3.50. The normalized spacial score (nSPS) is 13.9. The van der Waals surface area contributed by atoms with E-state index >= 15 is 0 Å². The van der Waals surface area contributed by atoms with Crippen molar-refractivity contribution < 1.29 is 4.79 Å². The summed E-state index contributed by atoms with van der Waals surface area (Å²) in [7, 11) is 2.14. The van der Waals surface area contributed by atoms with E-state index < -0.39 is 5.91 Å². The first-order valence-corrected chi connectivity index (χ1v) is 10.3. The fraction of sp³-hybridized carbons (Fsp3) is 0.217. The molecular weight excluding hydrogens is 404 g/mol. The number of primary amides is 1. The van der Waals surface area contributed by atoms with Crippen LogP contribution >= 0.6 is 0 Å². The molecule has 1 saturated heterocycles. The highest BCUT2D eigenvalue weighted by Crippen LogP contribution is 2.25. The quantitative estimate of drug-likeness (QED) is 0.548. The Kier molecular flexibility index (Phi) is 6.14. The van der Waals surface area contributed by atoms with Crippen molar-refractivity contribution in [1.82, 2.24) is 14.9 Å². The molecule has 1 fully saturated rings. The van der Waals surface area contributed by atoms with Crippen LogP contribution in [0.4, 0.5) is 28.8 Å². The number of nitrogens with one attached hydrogen (secondary N) is 2. The van der Waals surface area contributed by atoms with Gasteiger partial charge in [-0.2, -0.15) is 10.2 Å². The molecule has 1 aliphatic rings. The molecule has 9 heteroatoms. The van der Waals surface area contributed by atoms with Gasteiger partial charge in [0, 0.05) is 37.6 Å². The first-order chi connectivity index (χ1) is 15.5. The lowest BCUT2D eigenvalue weighted by Gasteiger charge is -2.34. The first-order valence-electron chi connectivity index (χ1n) is 10.3. The number of hydrogen-bond donors (Lipinski definition) is 3. The Morgan fingerprint density at radius 2 is 1.78 bits per heavy atom. The van der Waals surface area contributed by atoms with Crippen molar-refractivity contribution in [3.05, 3.63) is 65.9 Å². The van der Waals surface area contributed by atoms with Crippen molar-refractivity contribution in [3.63, 3.8) is 0 Å². The Hall–Kier alpha value is -4.16. The van der Waals surface area contributed by atoms with Gasteiger partial charge in [0.25, 0.3) is 5.91 Å². The second kappa shape index (κ2) is 9.32. The molecule has 0 atom stereocenters. The van der Waals surface area contributed by atoms with Gasteiger partial charge in [-0.15, -0.1) is 0 Å². The number of anilines is 5. The lowest BCUT2D eigenvalue weighted by molar-refractivity contribution is 0.100. The van der Waals surface area contributed by atoms with E-state index in [1.54, 1.807) is 24.3 Å². The molecule has 4 rings (SSSR count). The Morgan fingerprint density at radius 1 is 1.06 bits per heavy atom. The number of benzene rings is 2. The van der Waals surface area contributed by atoms with Crippen molar-refractivity contribution in [2.45, 2.75) is 0 Å². The van der Waals surface area contributed by atoms with E-state index in [0.717, 1.165) is 31.9 Å². The van der Waals surface area contributed by atoms with Crippen LogP contribution in [0.15, 0.2) is 54.7 Å². The van der Waals surface area contributed by atoms with E-state index in [0.29, 0.717) is 17.2 Å². The number of aromatic nitrogens is 2. The number of carbonyl (C=O) groups excluding carboxylic acids is 1. The minimum absolute atomic E-state index is 0.250. The van der Waals surface area contributed by atoms with E-state index in [-0.39, 0.29) is 11.4 Å². The highest BCUT2D eigenvalue weighted by molar-refractivity contribution is 5.99. The van der Waals surface area contributed by atoms with Crippen molar-refractivity contribution in [2.24, 2.45) is 5.73 Å². The largest absolute Gasteiger partial charge is 0.369 e. The van der Waals surface area contributed by atoms with Crippen molar-refractivity contribution >= 4 is 34.7 Å². The Bertz CT molecular complexity index is 1150. The van der Waals surface area contributed by atoms with E-state index in [4.69, 9.17) is 5.73 Å². The predicted molar refractivity (Wildman–Crippen MR) is 124 cm³/mol. The number of carbonyl (C=O) groups is 1. The summed E-state index contributed by atoms with van der Waals surface area (Å²) < 4.78 is 0. The maximum atomic E-state index is 11.7. The summed E-state index contributed by atoms with van der Waals surface area (Å²) in [5.74, 6) is 0.0441. The fourth-order valence-electron chi connectivity index (χ4n) is 3.50. The summed E-state index contributed by atoms with van der Waals surface area (Å²) >= 11 is 0. The number of amides is 1. The first kappa shape index (κ1) is 21.1. The number of hydrogen-bond acceptors (Lipinski definition) is 8. The van der Waals surface area contributed by atoms with E-state index in [1.807, 2.05) is 12.1 Å². The molecule has 0 radical (unpaired) electrons. The predicted octanol–water partition coefficient (Wildman–Crippen LogP) is 2.69. The lowest BCUT2D eigenvalue weighted by atomic mass is 10.1. The molecule has 0 bridgehead atoms. The van der Waals surface area contributed by atoms with E-state index in [1.165, 1.54) is 11.9 Å². The molecular formula is C23H24N8O. The zero-order chi connectivity index (χ0) is 22.5. The van der Waals surface area contributed by atoms with Gasteiger partial charge in [0.2, 0.25) is 5.95 Å². The average molecular weight is 429 g/mol. The average Bonchev–Trinajstić information content (AvgIpc) is 2.81. The van der Waals surface area contributed by atoms with Crippen LogP contribution in [-0.2, 0) is 0 Å². The van der Waals surface area contributed by atoms with Crippen LogP contribution in [0.25, 0.3) is 0 Å². The molecule has 1 aliphatic heterocycles. The summed E-state index contributed by atoms with van der Waals surface area (Å²) in [6, 6.07) is 17.0. The number of nitrogens with zero attached hydrogens (tertiary/aromatic N) is 5. The van der Waals surface area contributed by atoms with Crippen molar-refractivity contribution in [1.29, 1.82) is 5.26 Å². The third-order valence-corrected chi connectivity index (χ3v) is 5.35. The molecule has 0 aliphatic carbocycles. The SMILES string of the molecule is CN1CCN(c2ccc(Nc3ncc(C#N)c(Nc4ccccc4C(N)=O)n3)cc2)CC1. The highest BCUT2D eigenvalue weighted by atomic mass is 16.1. The van der Waals surface area contributed by atoms with Gasteiger partial charge >= 0.3 is 0 Å². The van der Waals surface area contributed by atoms with Gasteiger partial charge in [-0.1, -0.05) is 12.1 Å². The number of nitrogens with two attached hydrogens (primary N) is 1. The van der Waals surface area contributed by atoms with Gasteiger partial charge in [-0.25, -0.2) is 4.98 Å². The van der Waals surface area contributed by atoms with Crippen LogP contribution in [0.2, 0.25) is 0 Å². The zero-order valence-electron chi connectivity index (χ0n) is 17.7. The van der Waals surface area contributed by atoms with Gasteiger partial charge in [0.1, 0.15) is 11.6 Å². The summed E-state index contributed by atoms with van der Waals surface area (Å²) in [4.78, 5) is 25.0. The second-order valence-corrected chi connectivity index (χ2v) is 7.56. The molecule has 1 aromatic heterocycles. The Balaban J connectivity index is 1.52. The molecule has 4 N–H and O–H groups in total. The van der Waals surface area contributed by atoms with Crippen LogP contribution in [-0.4, -0.2) is 54.0 Å². The summed E-state index contributed by atoms with van der Waals surface area (Å²) in [6.07, 6.45) is 1.43. The summed E-state index contributed by atoms with van der Waals surface area (Å²) in [5.41, 5.74) is 8.48. The van der Waals surface area contributed by atoms with Crippen LogP contribution in [0.1, 0.15) is 15.9 Å². The van der Waals surface area contributed by atoms with Gasteiger partial charge in [0.15, 0.2) is 5.82 Å². The van der Waals surface area contributed by atoms with Crippen LogP contribution in [0.3, 0.4) is 0 Å². The topological polar surface area (TPSA) is 123 Å². The van der Waals surface area contributed by atoms with Crippen LogP contribution in [0.5, 0.6) is 0 Å². The number of para-hydroxylation sites is 1. The third kappa shape index (κ3) is 4.77. The highest BCUT2D eigenvalue weighted by Gasteiger charge is 2.15. The maximum Gasteiger partial charge on any atom is 0.250 e. The van der Waals surface area contributed by atoms with Crippen LogP contribution in [0, 0.1) is 11.3 Å². The zero-order valence-corrected chi connectivity index (χ0v) is 17.7. The lowest BCUT2D eigenvalue weighted by Crippen LogP contribution is -2.44. The van der Waals surface area contributed by atoms with Gasteiger partial charge in [0.05, 0.1) is 17.4 Å². The molecule has 2 aromatic carbocycles. The smallest absolute Gasteiger partial charge is 0.250 e. The molecule has 162 valence electrons. The minimum atomic E-state index is -0.570. The number of likely N-dealkylation sites (N-methyl/N-ethyl adjacent to an activating group) is 1. The van der Waals surface area contributed by atoms with Gasteiger partial charge in [-0.3, -0.25) is 4.79 Å². The van der Waals surface area contributed by atoms with E-state index in [9.17, 15) is 10.1 Å².